The van der Waals surface area contributed by atoms with Gasteiger partial charge in [0.2, 0.25) is 0 Å². The molecule has 1 fully saturated rings. The Balaban J connectivity index is 2.12. The fraction of sp³-hybridized carbons (Fsp3) is 0.722. The highest BCUT2D eigenvalue weighted by atomic mass is 16.5. The number of ether oxygens (including phenoxy) is 1. The first-order valence-electron chi connectivity index (χ1n) is 9.37. The van der Waals surface area contributed by atoms with Crippen molar-refractivity contribution in [1.82, 2.24) is 23.6 Å². The number of nitrogens with zero attached hydrogens (tertiary/aromatic N) is 5. The maximum absolute atomic E-state index is 12.7. The minimum Gasteiger partial charge on any atom is -0.383 e. The van der Waals surface area contributed by atoms with Gasteiger partial charge in [0, 0.05) is 33.8 Å². The fourth-order valence-electron chi connectivity index (χ4n) is 3.95. The molecule has 0 amide bonds. The molecule has 2 aromatic rings. The van der Waals surface area contributed by atoms with Crippen LogP contribution in [0.2, 0.25) is 0 Å². The van der Waals surface area contributed by atoms with E-state index >= 15 is 0 Å². The van der Waals surface area contributed by atoms with Gasteiger partial charge in [0.1, 0.15) is 5.82 Å². The normalized spacial score (nSPS) is 18.7. The minimum absolute atomic E-state index is 0.302. The predicted molar refractivity (Wildman–Crippen MR) is 100 cm³/mol. The third-order valence-corrected chi connectivity index (χ3v) is 5.51. The van der Waals surface area contributed by atoms with E-state index in [9.17, 15) is 9.59 Å². The molecule has 3 rings (SSSR count). The zero-order chi connectivity index (χ0) is 18.8. The number of aryl methyl sites for hydroxylation is 1. The second kappa shape index (κ2) is 7.75. The number of likely N-dealkylation sites (tertiary alicyclic amines) is 1. The van der Waals surface area contributed by atoms with Crippen molar-refractivity contribution >= 4 is 11.2 Å². The topological polar surface area (TPSA) is 74.3 Å². The van der Waals surface area contributed by atoms with Gasteiger partial charge in [-0.1, -0.05) is 13.3 Å². The van der Waals surface area contributed by atoms with Gasteiger partial charge < -0.3 is 9.30 Å². The van der Waals surface area contributed by atoms with Crippen LogP contribution in [-0.2, 0) is 31.9 Å². The molecule has 1 aliphatic heterocycles. The van der Waals surface area contributed by atoms with Gasteiger partial charge in [0.05, 0.1) is 13.2 Å². The highest BCUT2D eigenvalue weighted by Gasteiger charge is 2.25. The molecule has 144 valence electrons. The molecule has 0 saturated carbocycles. The highest BCUT2D eigenvalue weighted by Crippen LogP contribution is 2.22. The summed E-state index contributed by atoms with van der Waals surface area (Å²) in [5.41, 5.74) is 0.277. The molecule has 26 heavy (non-hydrogen) atoms. The zero-order valence-electron chi connectivity index (χ0n) is 16.2. The largest absolute Gasteiger partial charge is 0.383 e. The third-order valence-electron chi connectivity index (χ3n) is 5.51. The van der Waals surface area contributed by atoms with Crippen molar-refractivity contribution in [3.8, 4) is 0 Å². The second-order valence-corrected chi connectivity index (χ2v) is 7.08. The van der Waals surface area contributed by atoms with Crippen LogP contribution in [0.25, 0.3) is 11.2 Å². The molecule has 0 bridgehead atoms. The van der Waals surface area contributed by atoms with E-state index in [2.05, 4.69) is 11.8 Å². The number of fused-ring (bicyclic) bond motifs is 1. The summed E-state index contributed by atoms with van der Waals surface area (Å²) in [6, 6.07) is 0.547. The van der Waals surface area contributed by atoms with Gasteiger partial charge in [-0.2, -0.15) is 0 Å². The molecule has 0 N–H and O–H groups in total. The molecule has 0 radical (unpaired) electrons. The Morgan fingerprint density at radius 3 is 2.65 bits per heavy atom. The van der Waals surface area contributed by atoms with Crippen LogP contribution in [0.3, 0.4) is 0 Å². The van der Waals surface area contributed by atoms with E-state index in [4.69, 9.17) is 9.72 Å². The Kier molecular flexibility index (Phi) is 5.62. The second-order valence-electron chi connectivity index (χ2n) is 7.08. The molecule has 2 aromatic heterocycles. The van der Waals surface area contributed by atoms with Crippen LogP contribution < -0.4 is 11.2 Å². The number of methoxy groups -OCH3 is 1. The first kappa shape index (κ1) is 18.8. The summed E-state index contributed by atoms with van der Waals surface area (Å²) in [6.07, 6.45) is 4.77. The van der Waals surface area contributed by atoms with E-state index in [0.717, 1.165) is 23.4 Å². The van der Waals surface area contributed by atoms with Gasteiger partial charge in [-0.15, -0.1) is 0 Å². The molecule has 8 nitrogen and oxygen atoms in total. The molecule has 0 unspecified atom stereocenters. The monoisotopic (exact) mass is 363 g/mol. The van der Waals surface area contributed by atoms with Crippen molar-refractivity contribution < 1.29 is 4.74 Å². The molecule has 1 saturated heterocycles. The summed E-state index contributed by atoms with van der Waals surface area (Å²) in [7, 11) is 4.82. The Hall–Kier alpha value is -1.93. The van der Waals surface area contributed by atoms with Crippen molar-refractivity contribution in [2.45, 2.75) is 51.7 Å². The lowest BCUT2D eigenvalue weighted by atomic mass is 10.0. The maximum Gasteiger partial charge on any atom is 0.332 e. The van der Waals surface area contributed by atoms with Crippen molar-refractivity contribution in [2.24, 2.45) is 14.1 Å². The summed E-state index contributed by atoms with van der Waals surface area (Å²) in [6.45, 7) is 4.98. The lowest BCUT2D eigenvalue weighted by molar-refractivity contribution is 0.129. The van der Waals surface area contributed by atoms with E-state index in [1.165, 1.54) is 30.9 Å². The summed E-state index contributed by atoms with van der Waals surface area (Å²) >= 11 is 0. The Morgan fingerprint density at radius 2 is 1.96 bits per heavy atom. The Labute approximate surface area is 153 Å². The molecule has 0 aliphatic carbocycles. The van der Waals surface area contributed by atoms with Crippen molar-refractivity contribution in [3.63, 3.8) is 0 Å². The van der Waals surface area contributed by atoms with Gasteiger partial charge in [-0.25, -0.2) is 9.78 Å². The van der Waals surface area contributed by atoms with Crippen molar-refractivity contribution in [1.29, 1.82) is 0 Å². The smallest absolute Gasteiger partial charge is 0.332 e. The molecule has 1 aliphatic rings. The van der Waals surface area contributed by atoms with Gasteiger partial charge in [0.15, 0.2) is 11.2 Å². The Bertz CT molecular complexity index is 895. The molecule has 3 heterocycles. The molecule has 1 atom stereocenters. The Morgan fingerprint density at radius 1 is 1.19 bits per heavy atom. The van der Waals surface area contributed by atoms with Gasteiger partial charge in [-0.05, 0) is 25.8 Å². The first-order chi connectivity index (χ1) is 12.5. The number of hydrogen-bond donors (Lipinski definition) is 0. The SMILES string of the molecule is CC[C@H]1CCCCN1Cc1nc2c(c(=O)n(C)c(=O)n2C)n1CCOC. The third kappa shape index (κ3) is 3.23. The van der Waals surface area contributed by atoms with Gasteiger partial charge in [-0.3, -0.25) is 18.8 Å². The van der Waals surface area contributed by atoms with Crippen molar-refractivity contribution in [3.05, 3.63) is 26.7 Å². The fourth-order valence-corrected chi connectivity index (χ4v) is 3.95. The number of aromatic nitrogens is 4. The van der Waals surface area contributed by atoms with E-state index in [0.29, 0.717) is 36.9 Å². The van der Waals surface area contributed by atoms with Crippen LogP contribution in [0.15, 0.2) is 9.59 Å². The number of piperidine rings is 1. The molecular formula is C18H29N5O3. The number of rotatable bonds is 6. The first-order valence-corrected chi connectivity index (χ1v) is 9.37. The summed E-state index contributed by atoms with van der Waals surface area (Å²) in [5, 5.41) is 0. The highest BCUT2D eigenvalue weighted by molar-refractivity contribution is 5.71. The van der Waals surface area contributed by atoms with Crippen LogP contribution in [-0.4, -0.2) is 49.9 Å². The lowest BCUT2D eigenvalue weighted by Gasteiger charge is -2.34. The van der Waals surface area contributed by atoms with Gasteiger partial charge >= 0.3 is 5.69 Å². The van der Waals surface area contributed by atoms with E-state index < -0.39 is 0 Å². The summed E-state index contributed by atoms with van der Waals surface area (Å²) in [5.74, 6) is 0.829. The van der Waals surface area contributed by atoms with Crippen LogP contribution >= 0.6 is 0 Å². The number of hydrogen-bond acceptors (Lipinski definition) is 5. The molecule has 0 aromatic carbocycles. The van der Waals surface area contributed by atoms with Gasteiger partial charge in [0.25, 0.3) is 5.56 Å². The standard InChI is InChI=1S/C18H29N5O3/c1-5-13-8-6-7-9-22(13)12-14-19-16-15(23(14)10-11-26-4)17(24)21(3)18(25)20(16)2/h13H,5-12H2,1-4H3/t13-/m0/s1. The molecular weight excluding hydrogens is 334 g/mol. The quantitative estimate of drug-likeness (QED) is 0.760. The predicted octanol–water partition coefficient (Wildman–Crippen LogP) is 0.845. The van der Waals surface area contributed by atoms with Crippen LogP contribution in [0.1, 0.15) is 38.4 Å². The maximum atomic E-state index is 12.7. The minimum atomic E-state index is -0.352. The van der Waals surface area contributed by atoms with E-state index in [1.54, 1.807) is 14.2 Å². The zero-order valence-corrected chi connectivity index (χ0v) is 16.2. The summed E-state index contributed by atoms with van der Waals surface area (Å²) < 4.78 is 9.77. The molecule has 0 spiro atoms. The molecule has 8 heteroatoms. The summed E-state index contributed by atoms with van der Waals surface area (Å²) in [4.78, 5) is 32.2. The van der Waals surface area contributed by atoms with Crippen molar-refractivity contribution in [2.75, 3.05) is 20.3 Å². The van der Waals surface area contributed by atoms with Crippen LogP contribution in [0.4, 0.5) is 0 Å². The lowest BCUT2D eigenvalue weighted by Crippen LogP contribution is -2.39. The van der Waals surface area contributed by atoms with E-state index in [1.807, 2.05) is 4.57 Å². The average molecular weight is 363 g/mol. The number of imidazole rings is 1. The van der Waals surface area contributed by atoms with Crippen LogP contribution in [0, 0.1) is 0 Å². The average Bonchev–Trinajstić information content (AvgIpc) is 3.01. The van der Waals surface area contributed by atoms with E-state index in [-0.39, 0.29) is 11.2 Å². The van der Waals surface area contributed by atoms with Crippen LogP contribution in [0.5, 0.6) is 0 Å².